The minimum atomic E-state index is -0.130. The quantitative estimate of drug-likeness (QED) is 0.0803. The molecule has 0 spiro atoms. The van der Waals surface area contributed by atoms with E-state index in [1.54, 1.807) is 50.9 Å². The Labute approximate surface area is 740 Å². The van der Waals surface area contributed by atoms with Crippen LogP contribution in [0.3, 0.4) is 0 Å². The lowest BCUT2D eigenvalue weighted by molar-refractivity contribution is 0.0538. The van der Waals surface area contributed by atoms with Crippen LogP contribution in [0.4, 0.5) is 5.69 Å². The van der Waals surface area contributed by atoms with Gasteiger partial charge in [0.05, 0.1) is 147 Å². The molecule has 20 rings (SSSR count). The van der Waals surface area contributed by atoms with Crippen molar-refractivity contribution in [2.75, 3.05) is 104 Å². The third-order valence-corrected chi connectivity index (χ3v) is 25.7. The van der Waals surface area contributed by atoms with Gasteiger partial charge in [-0.15, -0.1) is 0 Å². The highest BCUT2D eigenvalue weighted by atomic mass is 16.5. The number of fused-ring (bicyclic) bond motifs is 8. The molecule has 0 aliphatic carbocycles. The number of piperidine rings is 3. The minimum absolute atomic E-state index is 0.0600. The molecule has 4 fully saturated rings. The fourth-order valence-electron chi connectivity index (χ4n) is 19.0. The van der Waals surface area contributed by atoms with E-state index in [-0.39, 0.29) is 35.5 Å². The number of ether oxygens (including phenoxy) is 1. The topological polar surface area (TPSA) is 333 Å². The van der Waals surface area contributed by atoms with E-state index in [0.29, 0.717) is 118 Å². The summed E-state index contributed by atoms with van der Waals surface area (Å²) in [7, 11) is 2.16. The van der Waals surface area contributed by atoms with Crippen molar-refractivity contribution in [3.05, 3.63) is 248 Å². The van der Waals surface area contributed by atoms with Crippen LogP contribution in [0.15, 0.2) is 142 Å². The number of hydrogen-bond acceptors (Lipinski definition) is 24. The minimum Gasteiger partial charge on any atom is -0.395 e. The summed E-state index contributed by atoms with van der Waals surface area (Å²) in [5.74, 6) is 1.37. The molecule has 0 bridgehead atoms. The van der Waals surface area contributed by atoms with Crippen LogP contribution >= 0.6 is 0 Å². The van der Waals surface area contributed by atoms with Gasteiger partial charge in [0, 0.05) is 93.9 Å². The first kappa shape index (κ1) is 87.5. The Morgan fingerprint density at radius 1 is 0.367 bits per heavy atom. The zero-order valence-electron chi connectivity index (χ0n) is 75.7. The van der Waals surface area contributed by atoms with Crippen LogP contribution < -0.4 is 32.5 Å². The van der Waals surface area contributed by atoms with Crippen molar-refractivity contribution >= 4 is 50.3 Å². The predicted octanol–water partition coefficient (Wildman–Crippen LogP) is 10.7. The second-order valence-corrected chi connectivity index (χ2v) is 35.4. The van der Waals surface area contributed by atoms with Crippen LogP contribution in [-0.2, 0) is 4.74 Å². The average Bonchev–Trinajstić information content (AvgIpc) is 1.40. The van der Waals surface area contributed by atoms with Crippen LogP contribution in [0.5, 0.6) is 0 Å². The fraction of sp³-hybridized carbons (Fsp3) is 0.417. The Morgan fingerprint density at radius 2 is 0.727 bits per heavy atom. The summed E-state index contributed by atoms with van der Waals surface area (Å²) in [4.78, 5) is 99.0. The van der Waals surface area contributed by atoms with Crippen LogP contribution in [0.1, 0.15) is 155 Å². The highest BCUT2D eigenvalue weighted by molar-refractivity contribution is 5.72. The average molecular weight is 1730 g/mol. The normalized spacial score (nSPS) is 17.0. The second kappa shape index (κ2) is 36.7. The molecule has 3 N–H and O–H groups in total. The van der Waals surface area contributed by atoms with E-state index in [4.69, 9.17) is 29.8 Å². The zero-order chi connectivity index (χ0) is 89.8. The number of piperazine rings is 1. The molecule has 4 aliphatic rings. The number of aliphatic hydroxyl groups is 2. The smallest absolute Gasteiger partial charge is 0.258 e. The molecule has 0 saturated carbocycles. The maximum absolute atomic E-state index is 13.2. The van der Waals surface area contributed by atoms with Gasteiger partial charge < -0.3 is 30.1 Å². The SMILES string of the molecule is Cc1cn2nc(-c3cc(=O)n4cc(C5CCN(C)CC5)cc(C)c4n3)cc2c(C)n1.Cc1cn2nc(-c3cc(=O)n4cc(C5CCN(CCOCCO)[C@H](C)C5)cc(C)c4n3)cc2c(C)n1.Cc1cn2nc(-c3cc(=O)n4cc(C5CCNCC5)cc(C)c4n3)cc2c(C)n1.Cc1cn2nc(-c3cc(=O)n4cc(N5CCN(CCO)[C@H](C)C5)cc(C)c4n3)cc2c(C)n1. The number of likely N-dealkylation sites (tertiary alicyclic amines) is 2. The zero-order valence-corrected chi connectivity index (χ0v) is 75.7. The van der Waals surface area contributed by atoms with Gasteiger partial charge in [-0.2, -0.15) is 20.4 Å². The molecule has 3 atom stereocenters. The van der Waals surface area contributed by atoms with Crippen molar-refractivity contribution in [2.24, 2.45) is 0 Å². The Hall–Kier alpha value is -12.6. The number of aliphatic hydroxyl groups excluding tert-OH is 2. The summed E-state index contributed by atoms with van der Waals surface area (Å²) in [5.41, 5.74) is 26.7. The number of pyridine rings is 4. The van der Waals surface area contributed by atoms with Gasteiger partial charge in [0.1, 0.15) is 45.4 Å². The fourth-order valence-corrected chi connectivity index (χ4v) is 19.0. The first-order valence-corrected chi connectivity index (χ1v) is 44.5. The van der Waals surface area contributed by atoms with Gasteiger partial charge in [0.15, 0.2) is 0 Å². The largest absolute Gasteiger partial charge is 0.395 e. The summed E-state index contributed by atoms with van der Waals surface area (Å²) in [6.07, 6.45) is 21.8. The molecule has 0 radical (unpaired) electrons. The third kappa shape index (κ3) is 18.2. The van der Waals surface area contributed by atoms with Gasteiger partial charge in [-0.05, 0) is 262 Å². The molecule has 1 unspecified atom stereocenters. The van der Waals surface area contributed by atoms with Gasteiger partial charge in [-0.1, -0.05) is 18.2 Å². The first-order chi connectivity index (χ1) is 61.5. The van der Waals surface area contributed by atoms with E-state index in [9.17, 15) is 24.3 Å². The number of hydrogen-bond donors (Lipinski definition) is 3. The van der Waals surface area contributed by atoms with Crippen molar-refractivity contribution in [1.82, 2.24) is 116 Å². The lowest BCUT2D eigenvalue weighted by Gasteiger charge is -2.40. The summed E-state index contributed by atoms with van der Waals surface area (Å²) < 4.78 is 19.4. The Bertz CT molecular complexity index is 7190. The molecule has 16 aromatic rings. The number of β-amino-alcohol motifs (C(OH)–C–C–N with tert-alkyl or cyclic N) is 1. The maximum atomic E-state index is 13.2. The molecule has 16 aromatic heterocycles. The number of rotatable bonds is 15. The maximum Gasteiger partial charge on any atom is 0.258 e. The monoisotopic (exact) mass is 1730 g/mol. The Balaban J connectivity index is 0.000000120. The van der Waals surface area contributed by atoms with Gasteiger partial charge in [-0.3, -0.25) is 66.5 Å². The van der Waals surface area contributed by atoms with Gasteiger partial charge in [0.25, 0.3) is 22.2 Å². The van der Waals surface area contributed by atoms with Crippen molar-refractivity contribution in [1.29, 1.82) is 0 Å². The number of nitrogens with one attached hydrogen (secondary N) is 1. The first-order valence-electron chi connectivity index (χ1n) is 44.5. The van der Waals surface area contributed by atoms with Gasteiger partial charge >= 0.3 is 0 Å². The number of anilines is 1. The van der Waals surface area contributed by atoms with E-state index in [1.165, 1.54) is 16.7 Å². The molecule has 4 saturated heterocycles. The number of aromatic nitrogens is 20. The molecule has 32 heteroatoms. The van der Waals surface area contributed by atoms with Crippen molar-refractivity contribution in [3.8, 4) is 45.6 Å². The molecular formula is C96H113N25O7. The predicted molar refractivity (Wildman–Crippen MR) is 496 cm³/mol. The van der Waals surface area contributed by atoms with Crippen LogP contribution in [0.25, 0.3) is 90.2 Å². The van der Waals surface area contributed by atoms with Crippen LogP contribution in [0.2, 0.25) is 0 Å². The molecule has 0 aromatic carbocycles. The highest BCUT2D eigenvalue weighted by Crippen LogP contribution is 2.36. The summed E-state index contributed by atoms with van der Waals surface area (Å²) >= 11 is 0. The molecule has 4 aliphatic heterocycles. The van der Waals surface area contributed by atoms with E-state index >= 15 is 0 Å². The third-order valence-electron chi connectivity index (χ3n) is 25.7. The van der Waals surface area contributed by atoms with Crippen LogP contribution in [0, 0.1) is 83.1 Å². The van der Waals surface area contributed by atoms with E-state index in [1.807, 2.05) is 166 Å². The molecule has 20 heterocycles. The Kier molecular flexibility index (Phi) is 25.1. The van der Waals surface area contributed by atoms with Crippen molar-refractivity contribution in [3.63, 3.8) is 0 Å². The summed E-state index contributed by atoms with van der Waals surface area (Å²) in [5, 5.41) is 40.1. The molecule has 128 heavy (non-hydrogen) atoms. The molecule has 0 amide bonds. The lowest BCUT2D eigenvalue weighted by atomic mass is 9.86. The molecule has 32 nitrogen and oxygen atoms in total. The Morgan fingerprint density at radius 3 is 1.10 bits per heavy atom. The highest BCUT2D eigenvalue weighted by Gasteiger charge is 2.30. The van der Waals surface area contributed by atoms with Crippen molar-refractivity contribution < 1.29 is 14.9 Å². The number of aryl methyl sites for hydroxylation is 12. The van der Waals surface area contributed by atoms with E-state index in [2.05, 4.69) is 110 Å². The van der Waals surface area contributed by atoms with Crippen LogP contribution in [-0.4, -0.2) is 232 Å². The van der Waals surface area contributed by atoms with Crippen molar-refractivity contribution in [2.45, 2.75) is 165 Å². The van der Waals surface area contributed by atoms with E-state index < -0.39 is 0 Å². The summed E-state index contributed by atoms with van der Waals surface area (Å²) in [6, 6.07) is 23.5. The second-order valence-electron chi connectivity index (χ2n) is 35.4. The standard InChI is InChI=1S/C27H34N6O3.C24H29N7O2.C23H26N6O.C22H24N6O/c1-17-11-22(21-5-6-31(19(3)12-21)7-9-36-10-8-34)16-32-26(35)14-23(29-27(17)32)24-13-25-20(4)28-18(2)15-33(25)30-24;1-15-9-19(29-6-5-28(7-8-32)17(3)13-29)14-30-23(33)11-20(26-24(15)30)21-10-22-18(4)25-16(2)12-31(22)27-21;1-14-9-18(17-5-7-27(4)8-6-17)13-28-22(30)11-19(25-23(14)28)20-10-21-16(3)24-15(2)12-29(21)26-20;1-13-8-17(16-4-6-23-7-5-16)12-27-21(29)10-18(25-22(13)27)19-9-20-15(3)24-14(2)11-28(20)26-19/h11,13-16,19,21,34H,5-10,12H2,1-4H3;9-12,14,17,32H,5-8,13H2,1-4H3;9-13,17H,5-8H2,1-4H3;8-12,16,23H,4-7H2,1-3H3/t19-,21?;17-;;/m11../s1. The van der Waals surface area contributed by atoms with Gasteiger partial charge in [0.2, 0.25) is 0 Å². The van der Waals surface area contributed by atoms with Gasteiger partial charge in [-0.25, -0.2) is 38.0 Å². The number of nitrogens with zero attached hydrogens (tertiary/aromatic N) is 24. The molecule has 664 valence electrons. The lowest BCUT2D eigenvalue weighted by Crippen LogP contribution is -2.52. The summed E-state index contributed by atoms with van der Waals surface area (Å²) in [6.45, 7) is 38.7. The van der Waals surface area contributed by atoms with E-state index in [0.717, 1.165) is 193 Å². The molecular weight excluding hydrogens is 1620 g/mol.